The number of hydrogen-bond donors (Lipinski definition) is 1. The predicted octanol–water partition coefficient (Wildman–Crippen LogP) is 2.33. The van der Waals surface area contributed by atoms with Crippen molar-refractivity contribution in [2.75, 3.05) is 5.73 Å². The Bertz CT molecular complexity index is 991. The van der Waals surface area contributed by atoms with Gasteiger partial charge in [0.25, 0.3) is 5.56 Å². The molecule has 3 aromatic rings. The highest BCUT2D eigenvalue weighted by Crippen LogP contribution is 2.19. The van der Waals surface area contributed by atoms with E-state index in [1.54, 1.807) is 12.3 Å². The third-order valence-electron chi connectivity index (χ3n) is 3.81. The van der Waals surface area contributed by atoms with Crippen LogP contribution in [0.1, 0.15) is 28.3 Å². The fourth-order valence-corrected chi connectivity index (χ4v) is 2.69. The van der Waals surface area contributed by atoms with Crippen LogP contribution in [-0.2, 0) is 0 Å². The average Bonchev–Trinajstić information content (AvgIpc) is 3.01. The minimum Gasteiger partial charge on any atom is -0.384 e. The van der Waals surface area contributed by atoms with Crippen LogP contribution in [0.5, 0.6) is 0 Å². The van der Waals surface area contributed by atoms with Gasteiger partial charge in [-0.2, -0.15) is 9.78 Å². The fraction of sp³-hybridized carbons (Fsp3) is 0.235. The summed E-state index contributed by atoms with van der Waals surface area (Å²) in [6, 6.07) is 7.04. The SMILES string of the molecule is Cc1cc(N)n(/N=C\c2cc(C)n(-c3cc(C)on3)c2C)c(=O)c1. The van der Waals surface area contributed by atoms with Gasteiger partial charge in [-0.15, -0.1) is 0 Å². The summed E-state index contributed by atoms with van der Waals surface area (Å²) in [7, 11) is 0. The lowest BCUT2D eigenvalue weighted by Gasteiger charge is -2.05. The van der Waals surface area contributed by atoms with E-state index in [1.807, 2.05) is 44.4 Å². The van der Waals surface area contributed by atoms with Crippen LogP contribution in [-0.4, -0.2) is 20.6 Å². The van der Waals surface area contributed by atoms with Crippen molar-refractivity contribution in [2.24, 2.45) is 5.10 Å². The van der Waals surface area contributed by atoms with Gasteiger partial charge < -0.3 is 10.3 Å². The van der Waals surface area contributed by atoms with Crippen molar-refractivity contribution >= 4 is 12.0 Å². The van der Waals surface area contributed by atoms with E-state index in [0.717, 1.165) is 28.3 Å². The largest absolute Gasteiger partial charge is 0.384 e. The highest BCUT2D eigenvalue weighted by molar-refractivity contribution is 5.82. The number of nitrogen functional groups attached to an aromatic ring is 1. The Kier molecular flexibility index (Phi) is 3.84. The maximum atomic E-state index is 12.0. The highest BCUT2D eigenvalue weighted by Gasteiger charge is 2.12. The van der Waals surface area contributed by atoms with Gasteiger partial charge >= 0.3 is 0 Å². The number of hydrogen-bond acceptors (Lipinski definition) is 5. The number of nitrogens with two attached hydrogens (primary N) is 1. The van der Waals surface area contributed by atoms with Crippen LogP contribution in [0.3, 0.4) is 0 Å². The van der Waals surface area contributed by atoms with Gasteiger partial charge in [0.2, 0.25) is 0 Å². The molecule has 0 spiro atoms. The van der Waals surface area contributed by atoms with Crippen LogP contribution >= 0.6 is 0 Å². The first-order valence-electron chi connectivity index (χ1n) is 7.53. The first-order valence-corrected chi connectivity index (χ1v) is 7.53. The van der Waals surface area contributed by atoms with Crippen molar-refractivity contribution in [3.63, 3.8) is 0 Å². The maximum Gasteiger partial charge on any atom is 0.273 e. The molecule has 124 valence electrons. The summed E-state index contributed by atoms with van der Waals surface area (Å²) in [4.78, 5) is 12.0. The standard InChI is InChI=1S/C17H19N5O2/c1-10-5-15(18)22(17(23)6-10)19-9-14-7-11(2)21(13(14)4)16-8-12(3)24-20-16/h5-9H,18H2,1-4H3/b19-9-. The lowest BCUT2D eigenvalue weighted by Crippen LogP contribution is -2.19. The number of nitrogens with zero attached hydrogens (tertiary/aromatic N) is 4. The normalized spacial score (nSPS) is 11.5. The molecule has 7 heteroatoms. The van der Waals surface area contributed by atoms with E-state index in [9.17, 15) is 4.79 Å². The molecule has 2 N–H and O–H groups in total. The quantitative estimate of drug-likeness (QED) is 0.748. The van der Waals surface area contributed by atoms with Crippen molar-refractivity contribution in [1.29, 1.82) is 0 Å². The first kappa shape index (κ1) is 15.8. The molecule has 0 bridgehead atoms. The monoisotopic (exact) mass is 325 g/mol. The Balaban J connectivity index is 2.02. The molecule has 0 fully saturated rings. The molecule has 3 aromatic heterocycles. The first-order chi connectivity index (χ1) is 11.4. The molecule has 0 saturated carbocycles. The summed E-state index contributed by atoms with van der Waals surface area (Å²) < 4.78 is 8.29. The molecule has 0 amide bonds. The third kappa shape index (κ3) is 2.76. The molecule has 0 radical (unpaired) electrons. The van der Waals surface area contributed by atoms with Gasteiger partial charge in [-0.25, -0.2) is 0 Å². The van der Waals surface area contributed by atoms with Crippen LogP contribution in [0.4, 0.5) is 5.82 Å². The highest BCUT2D eigenvalue weighted by atomic mass is 16.5. The number of anilines is 1. The zero-order valence-electron chi connectivity index (χ0n) is 14.1. The summed E-state index contributed by atoms with van der Waals surface area (Å²) in [6.45, 7) is 7.60. The van der Waals surface area contributed by atoms with E-state index in [2.05, 4.69) is 10.3 Å². The second-order valence-electron chi connectivity index (χ2n) is 5.81. The molecule has 0 aliphatic carbocycles. The molecule has 0 aromatic carbocycles. The van der Waals surface area contributed by atoms with Crippen LogP contribution in [0, 0.1) is 27.7 Å². The van der Waals surface area contributed by atoms with Crippen molar-refractivity contribution < 1.29 is 4.52 Å². The average molecular weight is 325 g/mol. The van der Waals surface area contributed by atoms with Crippen molar-refractivity contribution in [3.8, 4) is 5.82 Å². The van der Waals surface area contributed by atoms with E-state index in [-0.39, 0.29) is 5.56 Å². The topological polar surface area (TPSA) is 91.3 Å². The smallest absolute Gasteiger partial charge is 0.273 e. The second kappa shape index (κ2) is 5.84. The zero-order valence-corrected chi connectivity index (χ0v) is 14.1. The molecule has 7 nitrogen and oxygen atoms in total. The van der Waals surface area contributed by atoms with Gasteiger partial charge in [0, 0.05) is 29.1 Å². The zero-order chi connectivity index (χ0) is 17.4. The fourth-order valence-electron chi connectivity index (χ4n) is 2.69. The van der Waals surface area contributed by atoms with E-state index in [0.29, 0.717) is 11.6 Å². The molecule has 0 saturated heterocycles. The Morgan fingerprint density at radius 2 is 1.92 bits per heavy atom. The summed E-state index contributed by atoms with van der Waals surface area (Å²) in [5.41, 5.74) is 9.24. The molecular weight excluding hydrogens is 306 g/mol. The van der Waals surface area contributed by atoms with Crippen molar-refractivity contribution in [1.82, 2.24) is 14.4 Å². The van der Waals surface area contributed by atoms with Gasteiger partial charge in [-0.05, 0) is 45.4 Å². The molecule has 0 aliphatic rings. The Morgan fingerprint density at radius 1 is 1.17 bits per heavy atom. The van der Waals surface area contributed by atoms with Gasteiger partial charge in [0.1, 0.15) is 11.6 Å². The van der Waals surface area contributed by atoms with Gasteiger partial charge in [0.15, 0.2) is 5.82 Å². The van der Waals surface area contributed by atoms with E-state index in [1.165, 1.54) is 10.7 Å². The van der Waals surface area contributed by atoms with Gasteiger partial charge in [0.05, 0.1) is 6.21 Å². The Labute approximate surface area is 139 Å². The molecule has 0 atom stereocenters. The summed E-state index contributed by atoms with van der Waals surface area (Å²) in [5.74, 6) is 1.76. The summed E-state index contributed by atoms with van der Waals surface area (Å²) in [5, 5.41) is 8.27. The summed E-state index contributed by atoms with van der Waals surface area (Å²) in [6.07, 6.45) is 1.62. The molecule has 0 aliphatic heterocycles. The number of aromatic nitrogens is 3. The van der Waals surface area contributed by atoms with Crippen molar-refractivity contribution in [3.05, 3.63) is 62.9 Å². The third-order valence-corrected chi connectivity index (χ3v) is 3.81. The van der Waals surface area contributed by atoms with Crippen LogP contribution < -0.4 is 11.3 Å². The minimum absolute atomic E-state index is 0.260. The lowest BCUT2D eigenvalue weighted by atomic mass is 10.3. The minimum atomic E-state index is -0.260. The van der Waals surface area contributed by atoms with E-state index >= 15 is 0 Å². The predicted molar refractivity (Wildman–Crippen MR) is 92.9 cm³/mol. The molecule has 3 heterocycles. The van der Waals surface area contributed by atoms with Crippen LogP contribution in [0.15, 0.2) is 38.7 Å². The van der Waals surface area contributed by atoms with Crippen LogP contribution in [0.2, 0.25) is 0 Å². The van der Waals surface area contributed by atoms with Gasteiger partial charge in [-0.3, -0.25) is 9.36 Å². The summed E-state index contributed by atoms with van der Waals surface area (Å²) >= 11 is 0. The lowest BCUT2D eigenvalue weighted by molar-refractivity contribution is 0.394. The molecule has 0 unspecified atom stereocenters. The van der Waals surface area contributed by atoms with E-state index < -0.39 is 0 Å². The maximum absolute atomic E-state index is 12.0. The number of rotatable bonds is 3. The molecule has 3 rings (SSSR count). The van der Waals surface area contributed by atoms with E-state index in [4.69, 9.17) is 10.3 Å². The van der Waals surface area contributed by atoms with Gasteiger partial charge in [-0.1, -0.05) is 5.16 Å². The molecular formula is C17H19N5O2. The Morgan fingerprint density at radius 3 is 2.54 bits per heavy atom. The molecule has 24 heavy (non-hydrogen) atoms. The van der Waals surface area contributed by atoms with Crippen molar-refractivity contribution in [2.45, 2.75) is 27.7 Å². The van der Waals surface area contributed by atoms with Crippen LogP contribution in [0.25, 0.3) is 5.82 Å². The number of aryl methyl sites for hydroxylation is 3. The Hall–Kier alpha value is -3.09. The number of pyridine rings is 1. The second-order valence-corrected chi connectivity index (χ2v) is 5.81.